The van der Waals surface area contributed by atoms with E-state index in [9.17, 15) is 14.4 Å². The fourth-order valence-electron chi connectivity index (χ4n) is 1.79. The topological polar surface area (TPSA) is 116 Å². The van der Waals surface area contributed by atoms with Crippen molar-refractivity contribution in [1.29, 1.82) is 0 Å². The average Bonchev–Trinajstić information content (AvgIpc) is 2.95. The molecule has 10 nitrogen and oxygen atoms in total. The van der Waals surface area contributed by atoms with Gasteiger partial charge in [0.1, 0.15) is 12.7 Å². The molecule has 0 aromatic rings. The quantitative estimate of drug-likeness (QED) is 0.526. The van der Waals surface area contributed by atoms with E-state index in [2.05, 4.69) is 9.47 Å². The molecule has 2 aliphatic rings. The highest BCUT2D eigenvalue weighted by atomic mass is 16.8. The largest absolute Gasteiger partial charge is 0.510 e. The van der Waals surface area contributed by atoms with Gasteiger partial charge < -0.3 is 33.2 Å². The molecule has 0 aromatic carbocycles. The minimum Gasteiger partial charge on any atom is -0.438 e. The van der Waals surface area contributed by atoms with Crippen LogP contribution < -0.4 is 0 Å². The van der Waals surface area contributed by atoms with Gasteiger partial charge in [-0.2, -0.15) is 0 Å². The van der Waals surface area contributed by atoms with Gasteiger partial charge in [0.2, 0.25) is 12.4 Å². The van der Waals surface area contributed by atoms with Crippen molar-refractivity contribution in [2.24, 2.45) is 0 Å². The number of carbonyl (C=O) groups is 3. The predicted molar refractivity (Wildman–Crippen MR) is 55.7 cm³/mol. The van der Waals surface area contributed by atoms with Crippen LogP contribution in [-0.4, -0.2) is 63.9 Å². The van der Waals surface area contributed by atoms with E-state index in [1.807, 2.05) is 0 Å². The van der Waals surface area contributed by atoms with Crippen molar-refractivity contribution in [2.45, 2.75) is 24.6 Å². The first-order chi connectivity index (χ1) is 9.55. The average molecular weight is 292 g/mol. The lowest BCUT2D eigenvalue weighted by atomic mass is 10.1. The maximum atomic E-state index is 11.1. The molecule has 20 heavy (non-hydrogen) atoms. The smallest absolute Gasteiger partial charge is 0.438 e. The van der Waals surface area contributed by atoms with Crippen LogP contribution in [-0.2, 0) is 33.2 Å². The third-order valence-corrected chi connectivity index (χ3v) is 2.64. The molecule has 0 saturated carbocycles. The maximum Gasteiger partial charge on any atom is 0.510 e. The summed E-state index contributed by atoms with van der Waals surface area (Å²) in [6.45, 7) is -0.258. The Morgan fingerprint density at radius 3 is 2.40 bits per heavy atom. The summed E-state index contributed by atoms with van der Waals surface area (Å²) in [5, 5.41) is 0. The highest BCUT2D eigenvalue weighted by Crippen LogP contribution is 2.33. The van der Waals surface area contributed by atoms with Crippen molar-refractivity contribution in [3.8, 4) is 0 Å². The maximum absolute atomic E-state index is 11.1. The van der Waals surface area contributed by atoms with Crippen LogP contribution in [0.5, 0.6) is 0 Å². The predicted octanol–water partition coefficient (Wildman–Crippen LogP) is 0.181. The molecule has 0 aliphatic carbocycles. The lowest BCUT2D eigenvalue weighted by Crippen LogP contribution is -2.33. The Morgan fingerprint density at radius 1 is 1.10 bits per heavy atom. The molecule has 112 valence electrons. The van der Waals surface area contributed by atoms with Crippen LogP contribution in [0, 0.1) is 0 Å². The Balaban J connectivity index is 1.98. The van der Waals surface area contributed by atoms with Gasteiger partial charge in [0.15, 0.2) is 6.10 Å². The molecule has 10 heteroatoms. The Morgan fingerprint density at radius 2 is 1.75 bits per heavy atom. The summed E-state index contributed by atoms with van der Waals surface area (Å²) in [4.78, 5) is 33.0. The monoisotopic (exact) mass is 292 g/mol. The van der Waals surface area contributed by atoms with Gasteiger partial charge in [-0.05, 0) is 0 Å². The number of hydrogen-bond donors (Lipinski definition) is 0. The van der Waals surface area contributed by atoms with Crippen LogP contribution in [0.2, 0.25) is 0 Å². The molecule has 2 aliphatic heterocycles. The summed E-state index contributed by atoms with van der Waals surface area (Å²) in [7, 11) is 2.26. The number of methoxy groups -OCH3 is 2. The normalized spacial score (nSPS) is 30.8. The fraction of sp³-hybridized carbons (Fsp3) is 0.700. The summed E-state index contributed by atoms with van der Waals surface area (Å²) in [5.74, 6) is 0. The third kappa shape index (κ3) is 2.85. The van der Waals surface area contributed by atoms with E-state index in [-0.39, 0.29) is 6.61 Å². The zero-order valence-electron chi connectivity index (χ0n) is 10.6. The molecular formula is C10H12O10. The van der Waals surface area contributed by atoms with E-state index in [0.29, 0.717) is 0 Å². The minimum atomic E-state index is -1.20. The molecule has 0 bridgehead atoms. The number of hydrogen-bond acceptors (Lipinski definition) is 10. The van der Waals surface area contributed by atoms with E-state index < -0.39 is 43.1 Å². The van der Waals surface area contributed by atoms with E-state index >= 15 is 0 Å². The van der Waals surface area contributed by atoms with Crippen molar-refractivity contribution >= 4 is 18.5 Å². The summed E-state index contributed by atoms with van der Waals surface area (Å²) in [6.07, 6.45) is -6.72. The van der Waals surface area contributed by atoms with E-state index in [1.54, 1.807) is 0 Å². The standard InChI is InChI=1S/C10H12O10/c1-14-8(11)16-3-4-5-6(19-10(13)18-5)7(17-4)20-9(12)15-2/h4-7H,3H2,1-2H3. The molecule has 2 heterocycles. The molecule has 0 aromatic heterocycles. The van der Waals surface area contributed by atoms with Crippen molar-refractivity contribution in [1.82, 2.24) is 0 Å². The molecule has 0 amide bonds. The second-order valence-corrected chi connectivity index (χ2v) is 3.79. The van der Waals surface area contributed by atoms with Crippen molar-refractivity contribution in [3.05, 3.63) is 0 Å². The number of carbonyl (C=O) groups excluding carboxylic acids is 3. The number of fused-ring (bicyclic) bond motifs is 1. The van der Waals surface area contributed by atoms with Gasteiger partial charge in [-0.15, -0.1) is 0 Å². The summed E-state index contributed by atoms with van der Waals surface area (Å²) in [6, 6.07) is 0. The van der Waals surface area contributed by atoms with Crippen LogP contribution in [0.3, 0.4) is 0 Å². The van der Waals surface area contributed by atoms with Crippen molar-refractivity contribution in [3.63, 3.8) is 0 Å². The van der Waals surface area contributed by atoms with Gasteiger partial charge in [0.25, 0.3) is 0 Å². The highest BCUT2D eigenvalue weighted by Gasteiger charge is 2.56. The van der Waals surface area contributed by atoms with Gasteiger partial charge in [-0.1, -0.05) is 0 Å². The Kier molecular flexibility index (Phi) is 4.13. The first kappa shape index (κ1) is 14.2. The zero-order valence-corrected chi connectivity index (χ0v) is 10.6. The van der Waals surface area contributed by atoms with E-state index in [4.69, 9.17) is 23.7 Å². The molecule has 2 rings (SSSR count). The van der Waals surface area contributed by atoms with Crippen LogP contribution in [0.25, 0.3) is 0 Å². The Bertz CT molecular complexity index is 407. The fourth-order valence-corrected chi connectivity index (χ4v) is 1.79. The SMILES string of the molecule is COC(=O)OCC1OC(OC(=O)OC)C2OC(=O)OC12. The summed E-state index contributed by atoms with van der Waals surface area (Å²) >= 11 is 0. The van der Waals surface area contributed by atoms with Crippen LogP contribution in [0.15, 0.2) is 0 Å². The highest BCUT2D eigenvalue weighted by molar-refractivity contribution is 5.64. The molecule has 2 saturated heterocycles. The Hall–Kier alpha value is -2.23. The first-order valence-electron chi connectivity index (χ1n) is 5.53. The zero-order chi connectivity index (χ0) is 14.7. The van der Waals surface area contributed by atoms with Crippen molar-refractivity contribution in [2.75, 3.05) is 20.8 Å². The second-order valence-electron chi connectivity index (χ2n) is 3.79. The third-order valence-electron chi connectivity index (χ3n) is 2.64. The van der Waals surface area contributed by atoms with E-state index in [0.717, 1.165) is 14.2 Å². The van der Waals surface area contributed by atoms with Crippen molar-refractivity contribution < 1.29 is 47.5 Å². The Labute approximate surface area is 112 Å². The van der Waals surface area contributed by atoms with Crippen LogP contribution >= 0.6 is 0 Å². The molecule has 0 radical (unpaired) electrons. The lowest BCUT2D eigenvalue weighted by Gasteiger charge is -2.15. The van der Waals surface area contributed by atoms with Gasteiger partial charge >= 0.3 is 18.5 Å². The minimum absolute atomic E-state index is 0.258. The molecule has 0 spiro atoms. The molecule has 0 N–H and O–H groups in total. The summed E-state index contributed by atoms with van der Waals surface area (Å²) < 4.78 is 33.0. The first-order valence-corrected chi connectivity index (χ1v) is 5.53. The second kappa shape index (κ2) is 5.82. The van der Waals surface area contributed by atoms with Gasteiger partial charge in [-0.3, -0.25) is 0 Å². The van der Waals surface area contributed by atoms with Gasteiger partial charge in [-0.25, -0.2) is 14.4 Å². The summed E-state index contributed by atoms with van der Waals surface area (Å²) in [5.41, 5.74) is 0. The number of rotatable bonds is 3. The van der Waals surface area contributed by atoms with Crippen LogP contribution in [0.1, 0.15) is 0 Å². The molecule has 4 unspecified atom stereocenters. The van der Waals surface area contributed by atoms with Crippen LogP contribution in [0.4, 0.5) is 14.4 Å². The van der Waals surface area contributed by atoms with Gasteiger partial charge in [0.05, 0.1) is 14.2 Å². The molecule has 2 fully saturated rings. The lowest BCUT2D eigenvalue weighted by molar-refractivity contribution is -0.153. The number of ether oxygens (including phenoxy) is 7. The molecule has 4 atom stereocenters. The van der Waals surface area contributed by atoms with Gasteiger partial charge in [0, 0.05) is 0 Å². The molecular weight excluding hydrogens is 280 g/mol. The van der Waals surface area contributed by atoms with E-state index in [1.165, 1.54) is 0 Å².